The highest BCUT2D eigenvalue weighted by Crippen LogP contribution is 2.12. The van der Waals surface area contributed by atoms with Crippen molar-refractivity contribution >= 4 is 0 Å². The van der Waals surface area contributed by atoms with Crippen molar-refractivity contribution < 1.29 is 0 Å². The lowest BCUT2D eigenvalue weighted by Crippen LogP contribution is -2.19. The molecule has 0 bridgehead atoms. The van der Waals surface area contributed by atoms with Gasteiger partial charge in [-0.15, -0.1) is 0 Å². The molecular weight excluding hydrogens is 158 g/mol. The van der Waals surface area contributed by atoms with Crippen molar-refractivity contribution in [3.63, 3.8) is 0 Å². The van der Waals surface area contributed by atoms with E-state index in [1.54, 1.807) is 0 Å². The second-order valence-electron chi connectivity index (χ2n) is 4.01. The van der Waals surface area contributed by atoms with E-state index < -0.39 is 0 Å². The summed E-state index contributed by atoms with van der Waals surface area (Å²) in [4.78, 5) is 0. The van der Waals surface area contributed by atoms with Crippen molar-refractivity contribution in [2.75, 3.05) is 0 Å². The number of rotatable bonds is 4. The lowest BCUT2D eigenvalue weighted by molar-refractivity contribution is 0.480. The molecule has 0 amide bonds. The Morgan fingerprint density at radius 2 is 1.77 bits per heavy atom. The van der Waals surface area contributed by atoms with Gasteiger partial charge in [0.15, 0.2) is 0 Å². The highest BCUT2D eigenvalue weighted by atomic mass is 14.6. The summed E-state index contributed by atoms with van der Waals surface area (Å²) in [6.07, 6.45) is 2.25. The van der Waals surface area contributed by atoms with Crippen LogP contribution in [0.1, 0.15) is 25.8 Å². The van der Waals surface area contributed by atoms with Gasteiger partial charge in [-0.1, -0.05) is 37.3 Å². The lowest BCUT2D eigenvalue weighted by atomic mass is 9.95. The zero-order valence-electron chi connectivity index (χ0n) is 8.53. The molecule has 0 aliphatic carbocycles. The Morgan fingerprint density at radius 1 is 1.15 bits per heavy atom. The molecule has 0 heterocycles. The van der Waals surface area contributed by atoms with E-state index in [0.717, 1.165) is 12.8 Å². The minimum absolute atomic E-state index is 0.318. The van der Waals surface area contributed by atoms with E-state index in [0.29, 0.717) is 12.0 Å². The van der Waals surface area contributed by atoms with Crippen LogP contribution in [0.5, 0.6) is 0 Å². The van der Waals surface area contributed by atoms with Crippen molar-refractivity contribution in [3.8, 4) is 0 Å². The zero-order chi connectivity index (χ0) is 9.68. The summed E-state index contributed by atoms with van der Waals surface area (Å²) in [5, 5.41) is 0. The molecule has 1 heteroatoms. The molecule has 1 rings (SSSR count). The SMILES string of the molecule is C[C@@H](Cc1ccccc1)C[C@H](C)N. The Morgan fingerprint density at radius 3 is 2.31 bits per heavy atom. The van der Waals surface area contributed by atoms with Gasteiger partial charge in [-0.3, -0.25) is 0 Å². The Kier molecular flexibility index (Phi) is 3.97. The monoisotopic (exact) mass is 177 g/mol. The molecule has 2 atom stereocenters. The summed E-state index contributed by atoms with van der Waals surface area (Å²) in [7, 11) is 0. The topological polar surface area (TPSA) is 26.0 Å². The van der Waals surface area contributed by atoms with E-state index in [1.807, 2.05) is 0 Å². The van der Waals surface area contributed by atoms with Crippen LogP contribution in [0.2, 0.25) is 0 Å². The number of hydrogen-bond acceptors (Lipinski definition) is 1. The first-order valence-electron chi connectivity index (χ1n) is 4.98. The van der Waals surface area contributed by atoms with Crippen LogP contribution in [0.25, 0.3) is 0 Å². The average Bonchev–Trinajstić information content (AvgIpc) is 2.04. The Balaban J connectivity index is 2.41. The lowest BCUT2D eigenvalue weighted by Gasteiger charge is -2.13. The van der Waals surface area contributed by atoms with Gasteiger partial charge in [-0.25, -0.2) is 0 Å². The van der Waals surface area contributed by atoms with E-state index >= 15 is 0 Å². The highest BCUT2D eigenvalue weighted by molar-refractivity contribution is 5.15. The predicted octanol–water partition coefficient (Wildman–Crippen LogP) is 2.60. The Labute approximate surface area is 81.0 Å². The number of hydrogen-bond donors (Lipinski definition) is 1. The van der Waals surface area contributed by atoms with Crippen molar-refractivity contribution in [1.82, 2.24) is 0 Å². The number of nitrogens with two attached hydrogens (primary N) is 1. The van der Waals surface area contributed by atoms with E-state index in [1.165, 1.54) is 5.56 Å². The van der Waals surface area contributed by atoms with Crippen LogP contribution in [0.4, 0.5) is 0 Å². The average molecular weight is 177 g/mol. The fraction of sp³-hybridized carbons (Fsp3) is 0.500. The molecule has 1 nitrogen and oxygen atoms in total. The molecule has 0 saturated carbocycles. The van der Waals surface area contributed by atoms with Crippen molar-refractivity contribution in [3.05, 3.63) is 35.9 Å². The Bertz CT molecular complexity index is 228. The van der Waals surface area contributed by atoms with Crippen LogP contribution in [0.15, 0.2) is 30.3 Å². The van der Waals surface area contributed by atoms with Gasteiger partial charge < -0.3 is 5.73 Å². The van der Waals surface area contributed by atoms with Crippen LogP contribution in [0.3, 0.4) is 0 Å². The summed E-state index contributed by atoms with van der Waals surface area (Å²) in [6.45, 7) is 4.33. The van der Waals surface area contributed by atoms with Gasteiger partial charge >= 0.3 is 0 Å². The Hall–Kier alpha value is -0.820. The maximum atomic E-state index is 5.75. The molecule has 72 valence electrons. The molecule has 0 aliphatic heterocycles. The second-order valence-corrected chi connectivity index (χ2v) is 4.01. The zero-order valence-corrected chi connectivity index (χ0v) is 8.53. The van der Waals surface area contributed by atoms with Gasteiger partial charge in [0, 0.05) is 6.04 Å². The third kappa shape index (κ3) is 4.09. The molecule has 0 radical (unpaired) electrons. The largest absolute Gasteiger partial charge is 0.328 e. The maximum Gasteiger partial charge on any atom is 0.00131 e. The molecule has 0 spiro atoms. The molecule has 0 fully saturated rings. The van der Waals surface area contributed by atoms with E-state index in [4.69, 9.17) is 5.73 Å². The van der Waals surface area contributed by atoms with Crippen LogP contribution < -0.4 is 5.73 Å². The molecule has 0 saturated heterocycles. The van der Waals surface area contributed by atoms with Crippen LogP contribution in [-0.4, -0.2) is 6.04 Å². The quantitative estimate of drug-likeness (QED) is 0.751. The minimum atomic E-state index is 0.318. The predicted molar refractivity (Wildman–Crippen MR) is 57.6 cm³/mol. The summed E-state index contributed by atoms with van der Waals surface area (Å²) < 4.78 is 0. The normalized spacial score (nSPS) is 15.3. The van der Waals surface area contributed by atoms with Crippen LogP contribution in [-0.2, 0) is 6.42 Å². The third-order valence-electron chi connectivity index (χ3n) is 2.20. The summed E-state index contributed by atoms with van der Waals surface area (Å²) in [6, 6.07) is 10.9. The van der Waals surface area contributed by atoms with Crippen molar-refractivity contribution in [1.29, 1.82) is 0 Å². The summed E-state index contributed by atoms with van der Waals surface area (Å²) in [5.74, 6) is 0.683. The molecule has 0 unspecified atom stereocenters. The fourth-order valence-corrected chi connectivity index (χ4v) is 1.73. The molecular formula is C12H19N. The van der Waals surface area contributed by atoms with Crippen LogP contribution >= 0.6 is 0 Å². The first-order chi connectivity index (χ1) is 6.18. The first-order valence-corrected chi connectivity index (χ1v) is 4.98. The molecule has 2 N–H and O–H groups in total. The number of benzene rings is 1. The summed E-state index contributed by atoms with van der Waals surface area (Å²) >= 11 is 0. The van der Waals surface area contributed by atoms with Crippen molar-refractivity contribution in [2.45, 2.75) is 32.7 Å². The molecule has 0 aromatic heterocycles. The van der Waals surface area contributed by atoms with Gasteiger partial charge in [0.2, 0.25) is 0 Å². The van der Waals surface area contributed by atoms with Crippen molar-refractivity contribution in [2.24, 2.45) is 11.7 Å². The first kappa shape index (κ1) is 10.3. The van der Waals surface area contributed by atoms with E-state index in [2.05, 4.69) is 44.2 Å². The van der Waals surface area contributed by atoms with Gasteiger partial charge in [0.05, 0.1) is 0 Å². The second kappa shape index (κ2) is 5.03. The van der Waals surface area contributed by atoms with Gasteiger partial charge in [-0.2, -0.15) is 0 Å². The standard InChI is InChI=1S/C12H19N/c1-10(8-11(2)13)9-12-6-4-3-5-7-12/h3-7,10-11H,8-9,13H2,1-2H3/t10-,11+/m1/s1. The molecule has 1 aromatic rings. The fourth-order valence-electron chi connectivity index (χ4n) is 1.73. The van der Waals surface area contributed by atoms with Crippen LogP contribution in [0, 0.1) is 5.92 Å². The van der Waals surface area contributed by atoms with Gasteiger partial charge in [-0.05, 0) is 31.2 Å². The highest BCUT2D eigenvalue weighted by Gasteiger charge is 2.05. The van der Waals surface area contributed by atoms with E-state index in [9.17, 15) is 0 Å². The molecule has 0 aliphatic rings. The third-order valence-corrected chi connectivity index (χ3v) is 2.20. The smallest absolute Gasteiger partial charge is 0.00131 e. The van der Waals surface area contributed by atoms with Gasteiger partial charge in [0.25, 0.3) is 0 Å². The van der Waals surface area contributed by atoms with E-state index in [-0.39, 0.29) is 0 Å². The molecule has 13 heavy (non-hydrogen) atoms. The minimum Gasteiger partial charge on any atom is -0.328 e. The van der Waals surface area contributed by atoms with Gasteiger partial charge in [0.1, 0.15) is 0 Å². The summed E-state index contributed by atoms with van der Waals surface area (Å²) in [5.41, 5.74) is 7.16. The maximum absolute atomic E-state index is 5.75. The molecule has 1 aromatic carbocycles.